The smallest absolute Gasteiger partial charge is 0.0904 e. The van der Waals surface area contributed by atoms with Crippen LogP contribution >= 0.6 is 0 Å². The highest BCUT2D eigenvalue weighted by molar-refractivity contribution is 5.90. The molecule has 1 heterocycles. The highest BCUT2D eigenvalue weighted by Gasteiger charge is 2.27. The summed E-state index contributed by atoms with van der Waals surface area (Å²) in [5.41, 5.74) is 5.07. The summed E-state index contributed by atoms with van der Waals surface area (Å²) in [5, 5.41) is 0. The zero-order valence-corrected chi connectivity index (χ0v) is 12.4. The van der Waals surface area contributed by atoms with Gasteiger partial charge in [0.2, 0.25) is 0 Å². The van der Waals surface area contributed by atoms with Crippen molar-refractivity contribution < 1.29 is 0 Å². The monoisotopic (exact) mass is 276 g/mol. The minimum absolute atomic E-state index is 0.852. The fourth-order valence-corrected chi connectivity index (χ4v) is 2.90. The van der Waals surface area contributed by atoms with Gasteiger partial charge < -0.3 is 9.80 Å². The molecule has 2 nitrogen and oxygen atoms in total. The molecule has 0 N–H and O–H groups in total. The van der Waals surface area contributed by atoms with Gasteiger partial charge in [-0.2, -0.15) is 0 Å². The third-order valence-electron chi connectivity index (χ3n) is 3.75. The number of hydrogen-bond acceptors (Lipinski definition) is 2. The minimum Gasteiger partial charge on any atom is -0.355 e. The molecular weight excluding hydrogens is 256 g/mol. The lowest BCUT2D eigenvalue weighted by Crippen LogP contribution is -2.24. The van der Waals surface area contributed by atoms with Crippen molar-refractivity contribution >= 4 is 11.4 Å². The van der Waals surface area contributed by atoms with Gasteiger partial charge in [0.15, 0.2) is 0 Å². The highest BCUT2D eigenvalue weighted by atomic mass is 15.4. The quantitative estimate of drug-likeness (QED) is 0.781. The van der Waals surface area contributed by atoms with Gasteiger partial charge >= 0.3 is 0 Å². The second-order valence-electron chi connectivity index (χ2n) is 5.28. The van der Waals surface area contributed by atoms with Crippen molar-refractivity contribution in [2.24, 2.45) is 0 Å². The van der Waals surface area contributed by atoms with Gasteiger partial charge in [0.05, 0.1) is 18.1 Å². The molecule has 0 atom stereocenters. The molecule has 0 radical (unpaired) electrons. The molecule has 1 aliphatic heterocycles. The first-order valence-electron chi connectivity index (χ1n) is 7.23. The van der Waals surface area contributed by atoms with Gasteiger partial charge in [-0.05, 0) is 5.56 Å². The van der Waals surface area contributed by atoms with Crippen molar-refractivity contribution in [1.82, 2.24) is 9.80 Å². The van der Waals surface area contributed by atoms with Crippen LogP contribution in [0.5, 0.6) is 0 Å². The summed E-state index contributed by atoms with van der Waals surface area (Å²) in [6.45, 7) is 5.63. The van der Waals surface area contributed by atoms with Crippen molar-refractivity contribution in [2.45, 2.75) is 0 Å². The molecule has 0 aromatic heterocycles. The standard InChI is InChI=1S/C19H20N2/c1-3-14-21-15-20(2)18(16-10-6-4-7-11-16)19(21)17-12-8-5-9-13-17/h3-13H,1,14-15H2,2H3. The largest absolute Gasteiger partial charge is 0.355 e. The van der Waals surface area contributed by atoms with Crippen LogP contribution in [-0.4, -0.2) is 30.1 Å². The van der Waals surface area contributed by atoms with E-state index >= 15 is 0 Å². The van der Waals surface area contributed by atoms with Crippen LogP contribution in [0.15, 0.2) is 73.3 Å². The van der Waals surface area contributed by atoms with Crippen LogP contribution in [-0.2, 0) is 0 Å². The maximum atomic E-state index is 3.89. The van der Waals surface area contributed by atoms with Crippen molar-refractivity contribution in [3.63, 3.8) is 0 Å². The molecule has 2 heteroatoms. The Morgan fingerprint density at radius 3 is 1.95 bits per heavy atom. The molecule has 0 bridgehead atoms. The van der Waals surface area contributed by atoms with Gasteiger partial charge in [0, 0.05) is 19.2 Å². The average molecular weight is 276 g/mol. The molecule has 106 valence electrons. The molecule has 0 spiro atoms. The summed E-state index contributed by atoms with van der Waals surface area (Å²) in [7, 11) is 2.15. The number of benzene rings is 2. The second-order valence-corrected chi connectivity index (χ2v) is 5.28. The van der Waals surface area contributed by atoms with Crippen molar-refractivity contribution in [2.75, 3.05) is 20.3 Å². The topological polar surface area (TPSA) is 6.48 Å². The van der Waals surface area contributed by atoms with Crippen LogP contribution in [0.4, 0.5) is 0 Å². The van der Waals surface area contributed by atoms with Gasteiger partial charge in [-0.25, -0.2) is 0 Å². The van der Waals surface area contributed by atoms with Gasteiger partial charge in [0.25, 0.3) is 0 Å². The third-order valence-corrected chi connectivity index (χ3v) is 3.75. The Bertz CT molecular complexity index is 644. The molecule has 0 unspecified atom stereocenters. The van der Waals surface area contributed by atoms with E-state index in [4.69, 9.17) is 0 Å². The lowest BCUT2D eigenvalue weighted by Gasteiger charge is -2.20. The van der Waals surface area contributed by atoms with Crippen LogP contribution in [0.25, 0.3) is 11.4 Å². The zero-order chi connectivity index (χ0) is 14.7. The average Bonchev–Trinajstić information content (AvgIpc) is 2.86. The Morgan fingerprint density at radius 2 is 1.43 bits per heavy atom. The van der Waals surface area contributed by atoms with E-state index in [0.717, 1.165) is 13.2 Å². The van der Waals surface area contributed by atoms with Crippen LogP contribution in [0.1, 0.15) is 11.1 Å². The Balaban J connectivity index is 2.16. The number of hydrogen-bond donors (Lipinski definition) is 0. The number of nitrogens with zero attached hydrogens (tertiary/aromatic N) is 2. The second kappa shape index (κ2) is 5.88. The molecule has 2 aromatic carbocycles. The van der Waals surface area contributed by atoms with E-state index in [9.17, 15) is 0 Å². The van der Waals surface area contributed by atoms with E-state index in [0.29, 0.717) is 0 Å². The molecular formula is C19H20N2. The van der Waals surface area contributed by atoms with E-state index in [1.165, 1.54) is 22.5 Å². The predicted octanol–water partition coefficient (Wildman–Crippen LogP) is 3.90. The Labute approximate surface area is 126 Å². The molecule has 0 amide bonds. The number of rotatable bonds is 4. The lowest BCUT2D eigenvalue weighted by atomic mass is 10.0. The fraction of sp³-hybridized carbons (Fsp3) is 0.158. The molecule has 0 aliphatic carbocycles. The van der Waals surface area contributed by atoms with E-state index < -0.39 is 0 Å². The van der Waals surface area contributed by atoms with Crippen molar-refractivity contribution in [3.8, 4) is 0 Å². The first kappa shape index (κ1) is 13.5. The molecule has 0 saturated heterocycles. The summed E-state index contributed by atoms with van der Waals surface area (Å²) < 4.78 is 0. The van der Waals surface area contributed by atoms with Crippen LogP contribution in [0.2, 0.25) is 0 Å². The van der Waals surface area contributed by atoms with Crippen LogP contribution < -0.4 is 0 Å². The van der Waals surface area contributed by atoms with Crippen molar-refractivity contribution in [1.29, 1.82) is 0 Å². The highest BCUT2D eigenvalue weighted by Crippen LogP contribution is 2.36. The van der Waals surface area contributed by atoms with Gasteiger partial charge in [-0.3, -0.25) is 0 Å². The summed E-state index contributed by atoms with van der Waals surface area (Å²) in [4.78, 5) is 4.67. The first-order chi connectivity index (χ1) is 10.3. The van der Waals surface area contributed by atoms with E-state index in [1.54, 1.807) is 0 Å². The van der Waals surface area contributed by atoms with E-state index in [1.807, 2.05) is 6.08 Å². The summed E-state index contributed by atoms with van der Waals surface area (Å²) >= 11 is 0. The zero-order valence-electron chi connectivity index (χ0n) is 12.4. The maximum absolute atomic E-state index is 3.89. The third kappa shape index (κ3) is 2.57. The first-order valence-corrected chi connectivity index (χ1v) is 7.23. The molecule has 2 aromatic rings. The maximum Gasteiger partial charge on any atom is 0.0904 e. The molecule has 0 fully saturated rings. The Morgan fingerprint density at radius 1 is 0.905 bits per heavy atom. The van der Waals surface area contributed by atoms with E-state index in [-0.39, 0.29) is 0 Å². The molecule has 1 aliphatic rings. The Kier molecular flexibility index (Phi) is 3.78. The lowest BCUT2D eigenvalue weighted by molar-refractivity contribution is 0.334. The minimum atomic E-state index is 0.852. The van der Waals surface area contributed by atoms with Crippen LogP contribution in [0.3, 0.4) is 0 Å². The molecule has 3 rings (SSSR count). The summed E-state index contributed by atoms with van der Waals surface area (Å²) in [5.74, 6) is 0. The fourth-order valence-electron chi connectivity index (χ4n) is 2.90. The Hall–Kier alpha value is -2.48. The molecule has 21 heavy (non-hydrogen) atoms. The molecule has 0 saturated carbocycles. The summed E-state index contributed by atoms with van der Waals surface area (Å²) in [6, 6.07) is 21.2. The summed E-state index contributed by atoms with van der Waals surface area (Å²) in [6.07, 6.45) is 1.96. The normalized spacial score (nSPS) is 14.7. The van der Waals surface area contributed by atoms with Crippen LogP contribution in [0, 0.1) is 0 Å². The van der Waals surface area contributed by atoms with E-state index in [2.05, 4.69) is 84.1 Å². The van der Waals surface area contributed by atoms with Gasteiger partial charge in [-0.15, -0.1) is 6.58 Å². The van der Waals surface area contributed by atoms with Gasteiger partial charge in [0.1, 0.15) is 0 Å². The van der Waals surface area contributed by atoms with Gasteiger partial charge in [-0.1, -0.05) is 66.7 Å². The SMILES string of the molecule is C=CCN1CN(C)C(c2ccccc2)=C1c1ccccc1. The predicted molar refractivity (Wildman–Crippen MR) is 89.2 cm³/mol. The van der Waals surface area contributed by atoms with Crippen molar-refractivity contribution in [3.05, 3.63) is 84.4 Å².